The molecule has 31 heteroatoms. The van der Waals surface area contributed by atoms with Gasteiger partial charge in [-0.1, -0.05) is 27.7 Å². The first-order valence-corrected chi connectivity index (χ1v) is 21.2. The summed E-state index contributed by atoms with van der Waals surface area (Å²) in [5.41, 5.74) is 21.4. The van der Waals surface area contributed by atoms with E-state index in [1.54, 1.807) is 13.8 Å². The van der Waals surface area contributed by atoms with Crippen molar-refractivity contribution in [2.75, 3.05) is 39.5 Å². The van der Waals surface area contributed by atoms with Crippen LogP contribution in [0.3, 0.4) is 0 Å². The van der Waals surface area contributed by atoms with Crippen LogP contribution in [0.1, 0.15) is 59.8 Å². The fourth-order valence-electron chi connectivity index (χ4n) is 5.69. The van der Waals surface area contributed by atoms with Crippen LogP contribution in [0.2, 0.25) is 0 Å². The Hall–Kier alpha value is -7.25. The number of nitrogens with one attached hydrogen (secondary N) is 9. The van der Waals surface area contributed by atoms with Crippen LogP contribution in [-0.2, 0) is 57.5 Å². The molecule has 0 fully saturated rings. The molecule has 0 aliphatic heterocycles. The van der Waals surface area contributed by atoms with Gasteiger partial charge in [-0.15, -0.1) is 0 Å². The van der Waals surface area contributed by atoms with E-state index in [1.165, 1.54) is 13.8 Å². The zero-order chi connectivity index (χ0) is 53.1. The van der Waals surface area contributed by atoms with E-state index < -0.39 is 171 Å². The van der Waals surface area contributed by atoms with E-state index in [1.807, 2.05) is 16.0 Å². The number of carbonyl (C=O) groups is 12. The number of carbonyl (C=O) groups excluding carboxylic acids is 10. The highest BCUT2D eigenvalue weighted by Gasteiger charge is 2.33. The predicted molar refractivity (Wildman–Crippen MR) is 237 cm³/mol. The summed E-state index contributed by atoms with van der Waals surface area (Å²) in [5.74, 6) is -14.9. The van der Waals surface area contributed by atoms with Gasteiger partial charge in [0.15, 0.2) is 5.96 Å². The van der Waals surface area contributed by atoms with Crippen LogP contribution in [0.15, 0.2) is 4.99 Å². The van der Waals surface area contributed by atoms with E-state index >= 15 is 0 Å². The Morgan fingerprint density at radius 1 is 0.522 bits per heavy atom. The smallest absolute Gasteiger partial charge is 0.326 e. The molecule has 0 aromatic carbocycles. The fourth-order valence-corrected chi connectivity index (χ4v) is 5.69. The van der Waals surface area contributed by atoms with Crippen molar-refractivity contribution in [1.82, 2.24) is 47.9 Å². The Kier molecular flexibility index (Phi) is 28.3. The lowest BCUT2D eigenvalue weighted by atomic mass is 10.0. The number of hydrogen-bond donors (Lipinski definition) is 18. The van der Waals surface area contributed by atoms with Crippen LogP contribution in [0, 0.1) is 11.8 Å². The summed E-state index contributed by atoms with van der Waals surface area (Å²) in [7, 11) is 0. The molecular formula is C38H66N14O17. The number of aliphatic carboxylic acids is 2. The second-order valence-electron chi connectivity index (χ2n) is 16.0. The minimum Gasteiger partial charge on any atom is -0.481 e. The molecule has 0 aliphatic rings. The molecular weight excluding hydrogens is 924 g/mol. The Bertz CT molecular complexity index is 1860. The third kappa shape index (κ3) is 24.9. The second-order valence-corrected chi connectivity index (χ2v) is 16.0. The molecule has 31 nitrogen and oxygen atoms in total. The third-order valence-electron chi connectivity index (χ3n) is 9.25. The number of aliphatic hydroxyl groups is 3. The van der Waals surface area contributed by atoms with Gasteiger partial charge in [0.05, 0.1) is 51.8 Å². The summed E-state index contributed by atoms with van der Waals surface area (Å²) in [6, 6.07) is -12.7. The van der Waals surface area contributed by atoms with Crippen LogP contribution >= 0.6 is 0 Å². The molecule has 0 unspecified atom stereocenters. The van der Waals surface area contributed by atoms with E-state index in [0.29, 0.717) is 0 Å². The van der Waals surface area contributed by atoms with Gasteiger partial charge in [-0.3, -0.25) is 57.7 Å². The van der Waals surface area contributed by atoms with E-state index in [-0.39, 0.29) is 37.7 Å². The highest BCUT2D eigenvalue weighted by molar-refractivity contribution is 5.98. The van der Waals surface area contributed by atoms with Crippen molar-refractivity contribution in [1.29, 1.82) is 0 Å². The molecule has 0 bridgehead atoms. The Morgan fingerprint density at radius 2 is 0.942 bits per heavy atom. The normalized spacial score (nSPS) is 14.3. The number of carboxylic acids is 2. The highest BCUT2D eigenvalue weighted by Crippen LogP contribution is 2.08. The topological polar surface area (TPSA) is 531 Å². The maximum absolute atomic E-state index is 13.6. The van der Waals surface area contributed by atoms with Gasteiger partial charge in [0.25, 0.3) is 0 Å². The summed E-state index contributed by atoms with van der Waals surface area (Å²) in [6.45, 7) is 1.40. The number of primary amides is 1. The highest BCUT2D eigenvalue weighted by atomic mass is 16.4. The van der Waals surface area contributed by atoms with Crippen molar-refractivity contribution < 1.29 is 83.1 Å². The maximum atomic E-state index is 13.6. The van der Waals surface area contributed by atoms with E-state index in [4.69, 9.17) is 22.9 Å². The van der Waals surface area contributed by atoms with Gasteiger partial charge in [0.2, 0.25) is 59.1 Å². The molecule has 0 heterocycles. The van der Waals surface area contributed by atoms with Gasteiger partial charge >= 0.3 is 11.9 Å². The van der Waals surface area contributed by atoms with E-state index in [2.05, 4.69) is 36.9 Å². The second kappa shape index (κ2) is 31.7. The molecule has 0 aromatic heterocycles. The van der Waals surface area contributed by atoms with Crippen LogP contribution < -0.4 is 70.8 Å². The lowest BCUT2D eigenvalue weighted by Crippen LogP contribution is -2.59. The minimum atomic E-state index is -1.87. The number of hydrogen-bond acceptors (Lipinski definition) is 17. The number of guanidine groups is 1. The molecule has 0 saturated heterocycles. The third-order valence-corrected chi connectivity index (χ3v) is 9.25. The Morgan fingerprint density at radius 3 is 1.38 bits per heavy atom. The summed E-state index contributed by atoms with van der Waals surface area (Å²) in [5, 5.41) is 67.3. The van der Waals surface area contributed by atoms with Gasteiger partial charge in [-0.2, -0.15) is 0 Å². The summed E-state index contributed by atoms with van der Waals surface area (Å²) < 4.78 is 0. The van der Waals surface area contributed by atoms with Gasteiger partial charge in [0.1, 0.15) is 42.3 Å². The monoisotopic (exact) mass is 990 g/mol. The average molecular weight is 991 g/mol. The predicted octanol–water partition coefficient (Wildman–Crippen LogP) is -9.89. The van der Waals surface area contributed by atoms with Gasteiger partial charge in [0, 0.05) is 6.54 Å². The van der Waals surface area contributed by atoms with Gasteiger partial charge < -0.3 is 96.3 Å². The van der Waals surface area contributed by atoms with Crippen molar-refractivity contribution in [2.24, 2.45) is 39.8 Å². The zero-order valence-corrected chi connectivity index (χ0v) is 38.4. The van der Waals surface area contributed by atoms with Gasteiger partial charge in [-0.05, 0) is 31.1 Å². The number of nitrogens with two attached hydrogens (primary N) is 4. The number of amides is 10. The SMILES string of the molecule is CC(C)C[C@H](NC(=O)[C@H](CO)NC(=O)[C@@H](N)CC(N)=O)C(=O)N[C@@H](CCCN=C(N)N)C(=O)NCC(=O)N[C@@H](CC(=O)O)C(=O)NCC(=O)N[C@@H](CO)C(=O)N[C@@H](CO)C(=O)N[C@H](C(=O)O)C(C)C. The molecule has 390 valence electrons. The van der Waals surface area contributed by atoms with E-state index in [9.17, 15) is 83.1 Å². The molecule has 0 rings (SSSR count). The average Bonchev–Trinajstić information content (AvgIpc) is 3.25. The molecule has 22 N–H and O–H groups in total. The summed E-state index contributed by atoms with van der Waals surface area (Å²) >= 11 is 0. The summed E-state index contributed by atoms with van der Waals surface area (Å²) in [6.07, 6.45) is -1.76. The number of rotatable bonds is 33. The van der Waals surface area contributed by atoms with Crippen molar-refractivity contribution >= 4 is 77.0 Å². The first-order chi connectivity index (χ1) is 32.2. The molecule has 0 aliphatic carbocycles. The van der Waals surface area contributed by atoms with E-state index in [0.717, 1.165) is 0 Å². The zero-order valence-electron chi connectivity index (χ0n) is 38.4. The lowest BCUT2D eigenvalue weighted by Gasteiger charge is -2.26. The number of aliphatic imine (C=N–C) groups is 1. The molecule has 0 spiro atoms. The van der Waals surface area contributed by atoms with Crippen molar-refractivity contribution in [3.63, 3.8) is 0 Å². The molecule has 0 saturated carbocycles. The minimum absolute atomic E-state index is 0.0275. The first-order valence-electron chi connectivity index (χ1n) is 21.2. The van der Waals surface area contributed by atoms with Crippen LogP contribution in [-0.4, -0.2) is 190 Å². The Balaban J connectivity index is 5.87. The lowest BCUT2D eigenvalue weighted by molar-refractivity contribution is -0.144. The molecule has 69 heavy (non-hydrogen) atoms. The quantitative estimate of drug-likeness (QED) is 0.0165. The number of nitrogens with zero attached hydrogens (tertiary/aromatic N) is 1. The first kappa shape index (κ1) is 61.8. The summed E-state index contributed by atoms with van der Waals surface area (Å²) in [4.78, 5) is 154. The molecule has 8 atom stereocenters. The van der Waals surface area contributed by atoms with Crippen LogP contribution in [0.5, 0.6) is 0 Å². The molecule has 0 radical (unpaired) electrons. The fraction of sp³-hybridized carbons (Fsp3) is 0.658. The van der Waals surface area contributed by atoms with Crippen molar-refractivity contribution in [2.45, 2.75) is 108 Å². The van der Waals surface area contributed by atoms with Crippen LogP contribution in [0.4, 0.5) is 0 Å². The molecule has 0 aromatic rings. The van der Waals surface area contributed by atoms with Gasteiger partial charge in [-0.25, -0.2) is 4.79 Å². The Labute approximate surface area is 394 Å². The number of carboxylic acid groups (broad SMARTS) is 2. The molecule has 10 amide bonds. The standard InChI is InChI=1S/C38H66N14O17/c1-16(2)8-20(49-35(66)23(14-54)50-30(61)18(39)9-25(40)56)33(64)48-19(6-5-7-43-38(41)42)31(62)44-11-26(57)46-21(10-28(59)60)32(63)45-12-27(58)47-22(13-53)34(65)51-24(15-55)36(67)52-29(17(3)4)37(68)69/h16-24,29,53-55H,5-15,39H2,1-4H3,(H2,40,56)(H,44,62)(H,45,63)(H,46,57)(H,47,58)(H,48,64)(H,49,66)(H,50,61)(H,51,65)(H,52,67)(H,59,60)(H,68,69)(H4,41,42,43)/t18-,19-,20-,21-,22-,23-,24-,29-/m0/s1. The number of aliphatic hydroxyl groups excluding tert-OH is 3. The maximum Gasteiger partial charge on any atom is 0.326 e. The van der Waals surface area contributed by atoms with Crippen molar-refractivity contribution in [3.05, 3.63) is 0 Å². The van der Waals surface area contributed by atoms with Crippen LogP contribution in [0.25, 0.3) is 0 Å². The van der Waals surface area contributed by atoms with Crippen molar-refractivity contribution in [3.8, 4) is 0 Å². The largest absolute Gasteiger partial charge is 0.481 e.